The van der Waals surface area contributed by atoms with E-state index < -0.39 is 11.7 Å². The number of halogens is 4. The van der Waals surface area contributed by atoms with Crippen LogP contribution in [-0.4, -0.2) is 33.6 Å². The molecule has 0 saturated carbocycles. The first kappa shape index (κ1) is 18.9. The molecule has 1 amide bonds. The highest BCUT2D eigenvalue weighted by Gasteiger charge is 2.32. The van der Waals surface area contributed by atoms with Crippen molar-refractivity contribution in [1.82, 2.24) is 25.2 Å². The summed E-state index contributed by atoms with van der Waals surface area (Å²) in [7, 11) is 0. The van der Waals surface area contributed by atoms with Gasteiger partial charge in [-0.2, -0.15) is 13.2 Å². The second-order valence-electron chi connectivity index (χ2n) is 6.39. The molecule has 0 radical (unpaired) electrons. The zero-order valence-corrected chi connectivity index (χ0v) is 14.7. The Kier molecular flexibility index (Phi) is 5.67. The fraction of sp³-hybridized carbons (Fsp3) is 0.562. The SMILES string of the molecule is O=C(CCC1CCNCC1)NCc1nnc2c(Cl)cc(C(F)(F)F)cn12. The van der Waals surface area contributed by atoms with Crippen molar-refractivity contribution < 1.29 is 18.0 Å². The summed E-state index contributed by atoms with van der Waals surface area (Å²) in [6, 6.07) is 0.812. The molecule has 3 rings (SSSR count). The van der Waals surface area contributed by atoms with Crippen molar-refractivity contribution in [3.63, 3.8) is 0 Å². The van der Waals surface area contributed by atoms with Crippen LogP contribution in [-0.2, 0) is 17.5 Å². The molecule has 6 nitrogen and oxygen atoms in total. The predicted octanol–water partition coefficient (Wildman–Crippen LogP) is 2.80. The van der Waals surface area contributed by atoms with E-state index in [4.69, 9.17) is 11.6 Å². The standard InChI is InChI=1S/C16H19ClF3N5O/c17-12-7-11(16(18,19)20)9-25-13(23-24-15(12)25)8-22-14(26)2-1-10-3-5-21-6-4-10/h7,9-10,21H,1-6,8H2,(H,22,26). The van der Waals surface area contributed by atoms with Gasteiger partial charge in [0, 0.05) is 12.6 Å². The molecule has 1 aliphatic rings. The van der Waals surface area contributed by atoms with Crippen LogP contribution in [0.5, 0.6) is 0 Å². The lowest BCUT2D eigenvalue weighted by atomic mass is 9.93. The lowest BCUT2D eigenvalue weighted by Gasteiger charge is -2.22. The fourth-order valence-corrected chi connectivity index (χ4v) is 3.29. The highest BCUT2D eigenvalue weighted by atomic mass is 35.5. The molecular weight excluding hydrogens is 371 g/mol. The van der Waals surface area contributed by atoms with Crippen LogP contribution >= 0.6 is 11.6 Å². The van der Waals surface area contributed by atoms with Crippen LogP contribution in [0.4, 0.5) is 13.2 Å². The van der Waals surface area contributed by atoms with Crippen LogP contribution < -0.4 is 10.6 Å². The van der Waals surface area contributed by atoms with Crippen molar-refractivity contribution in [2.24, 2.45) is 5.92 Å². The number of carbonyl (C=O) groups is 1. The minimum absolute atomic E-state index is 0.0101. The minimum Gasteiger partial charge on any atom is -0.349 e. The van der Waals surface area contributed by atoms with Crippen LogP contribution in [0.1, 0.15) is 37.1 Å². The Morgan fingerprint density at radius 1 is 1.35 bits per heavy atom. The van der Waals surface area contributed by atoms with Crippen molar-refractivity contribution in [1.29, 1.82) is 0 Å². The molecule has 2 N–H and O–H groups in total. The second-order valence-corrected chi connectivity index (χ2v) is 6.80. The summed E-state index contributed by atoms with van der Waals surface area (Å²) in [6.45, 7) is 1.94. The van der Waals surface area contributed by atoms with Crippen molar-refractivity contribution in [2.75, 3.05) is 13.1 Å². The van der Waals surface area contributed by atoms with Crippen molar-refractivity contribution in [2.45, 2.75) is 38.4 Å². The average molecular weight is 390 g/mol. The van der Waals surface area contributed by atoms with E-state index in [1.165, 1.54) is 0 Å². The summed E-state index contributed by atoms with van der Waals surface area (Å²) >= 11 is 5.86. The van der Waals surface area contributed by atoms with Gasteiger partial charge in [-0.25, -0.2) is 0 Å². The number of rotatable bonds is 5. The monoisotopic (exact) mass is 389 g/mol. The van der Waals surface area contributed by atoms with Crippen LogP contribution in [0.25, 0.3) is 5.65 Å². The predicted molar refractivity (Wildman–Crippen MR) is 89.7 cm³/mol. The Balaban J connectivity index is 1.63. The molecule has 1 saturated heterocycles. The van der Waals surface area contributed by atoms with Gasteiger partial charge in [0.25, 0.3) is 0 Å². The van der Waals surface area contributed by atoms with Gasteiger partial charge in [0.15, 0.2) is 11.5 Å². The van der Waals surface area contributed by atoms with Crippen LogP contribution in [0.3, 0.4) is 0 Å². The molecule has 142 valence electrons. The molecule has 1 fully saturated rings. The number of nitrogens with zero attached hydrogens (tertiary/aromatic N) is 3. The fourth-order valence-electron chi connectivity index (χ4n) is 3.05. The van der Waals surface area contributed by atoms with E-state index in [1.807, 2.05) is 0 Å². The maximum Gasteiger partial charge on any atom is 0.417 e. The zero-order chi connectivity index (χ0) is 18.7. The number of alkyl halides is 3. The van der Waals surface area contributed by atoms with E-state index in [9.17, 15) is 18.0 Å². The van der Waals surface area contributed by atoms with E-state index >= 15 is 0 Å². The van der Waals surface area contributed by atoms with Crippen LogP contribution in [0.2, 0.25) is 5.02 Å². The number of amides is 1. The third kappa shape index (κ3) is 4.45. The van der Waals surface area contributed by atoms with E-state index in [1.54, 1.807) is 0 Å². The van der Waals surface area contributed by atoms with Gasteiger partial charge in [0.2, 0.25) is 5.91 Å². The van der Waals surface area contributed by atoms with Crippen molar-refractivity contribution in [3.05, 3.63) is 28.7 Å². The third-order valence-electron chi connectivity index (χ3n) is 4.54. The molecular formula is C16H19ClF3N5O. The number of nitrogens with one attached hydrogen (secondary N) is 2. The summed E-state index contributed by atoms with van der Waals surface area (Å²) in [5, 5.41) is 13.5. The molecule has 0 aliphatic carbocycles. The molecule has 26 heavy (non-hydrogen) atoms. The van der Waals surface area contributed by atoms with Gasteiger partial charge < -0.3 is 10.6 Å². The molecule has 0 spiro atoms. The largest absolute Gasteiger partial charge is 0.417 e. The maximum atomic E-state index is 12.9. The number of pyridine rings is 1. The number of carbonyl (C=O) groups excluding carboxylic acids is 1. The lowest BCUT2D eigenvalue weighted by molar-refractivity contribution is -0.137. The highest BCUT2D eigenvalue weighted by Crippen LogP contribution is 2.32. The molecule has 10 heteroatoms. The lowest BCUT2D eigenvalue weighted by Crippen LogP contribution is -2.29. The molecule has 0 aromatic carbocycles. The third-order valence-corrected chi connectivity index (χ3v) is 4.82. The minimum atomic E-state index is -4.53. The Bertz CT molecular complexity index is 786. The Morgan fingerprint density at radius 2 is 2.08 bits per heavy atom. The molecule has 2 aromatic heterocycles. The maximum absolute atomic E-state index is 12.9. The molecule has 0 bridgehead atoms. The summed E-state index contributed by atoms with van der Waals surface area (Å²) < 4.78 is 40.0. The number of aromatic nitrogens is 3. The first-order chi connectivity index (χ1) is 12.3. The molecule has 0 atom stereocenters. The number of hydrogen-bond acceptors (Lipinski definition) is 4. The number of piperidine rings is 1. The van der Waals surface area contributed by atoms with Crippen LogP contribution in [0, 0.1) is 5.92 Å². The Hall–Kier alpha value is -1.87. The molecule has 1 aliphatic heterocycles. The van der Waals surface area contributed by atoms with Gasteiger partial charge in [0.05, 0.1) is 17.1 Å². The van der Waals surface area contributed by atoms with Crippen molar-refractivity contribution >= 4 is 23.2 Å². The second kappa shape index (κ2) is 7.79. The topological polar surface area (TPSA) is 71.3 Å². The summed E-state index contributed by atoms with van der Waals surface area (Å²) in [4.78, 5) is 12.0. The average Bonchev–Trinajstić information content (AvgIpc) is 3.02. The first-order valence-corrected chi connectivity index (χ1v) is 8.80. The first-order valence-electron chi connectivity index (χ1n) is 8.42. The normalized spacial score (nSPS) is 16.2. The van der Waals surface area contributed by atoms with Gasteiger partial charge in [0.1, 0.15) is 0 Å². The zero-order valence-electron chi connectivity index (χ0n) is 13.9. The van der Waals surface area contributed by atoms with Crippen molar-refractivity contribution in [3.8, 4) is 0 Å². The molecule has 0 unspecified atom stereocenters. The summed E-state index contributed by atoms with van der Waals surface area (Å²) in [5.41, 5.74) is -0.771. The van der Waals surface area contributed by atoms with E-state index in [-0.39, 0.29) is 28.9 Å². The van der Waals surface area contributed by atoms with E-state index in [0.29, 0.717) is 12.3 Å². The van der Waals surface area contributed by atoms with Crippen LogP contribution in [0.15, 0.2) is 12.3 Å². The van der Waals surface area contributed by atoms with Gasteiger partial charge >= 0.3 is 6.18 Å². The Labute approximate surface area is 153 Å². The molecule has 3 heterocycles. The van der Waals surface area contributed by atoms with Gasteiger partial charge in [-0.3, -0.25) is 9.20 Å². The Morgan fingerprint density at radius 3 is 2.77 bits per heavy atom. The number of hydrogen-bond donors (Lipinski definition) is 2. The summed E-state index contributed by atoms with van der Waals surface area (Å²) in [6.07, 6.45) is -0.342. The molecule has 2 aromatic rings. The van der Waals surface area contributed by atoms with Gasteiger partial charge in [-0.1, -0.05) is 11.6 Å². The van der Waals surface area contributed by atoms with E-state index in [2.05, 4.69) is 20.8 Å². The quantitative estimate of drug-likeness (QED) is 0.825. The smallest absolute Gasteiger partial charge is 0.349 e. The highest BCUT2D eigenvalue weighted by molar-refractivity contribution is 6.33. The van der Waals surface area contributed by atoms with Gasteiger partial charge in [-0.15, -0.1) is 10.2 Å². The van der Waals surface area contributed by atoms with E-state index in [0.717, 1.165) is 49.0 Å². The van der Waals surface area contributed by atoms with Gasteiger partial charge in [-0.05, 0) is 44.3 Å². The number of fused-ring (bicyclic) bond motifs is 1. The summed E-state index contributed by atoms with van der Waals surface area (Å²) in [5.74, 6) is 0.575.